The fraction of sp³-hybridized carbons (Fsp3) is 0.167. The normalized spacial score (nSPS) is 10.6. The Labute approximate surface area is 107 Å². The van der Waals surface area contributed by atoms with Crippen LogP contribution in [0.5, 0.6) is 0 Å². The van der Waals surface area contributed by atoms with Crippen LogP contribution in [-0.2, 0) is 16.0 Å². The van der Waals surface area contributed by atoms with Crippen molar-refractivity contribution in [3.05, 3.63) is 39.9 Å². The van der Waals surface area contributed by atoms with Gasteiger partial charge in [0.15, 0.2) is 0 Å². The lowest BCUT2D eigenvalue weighted by molar-refractivity contribution is -0.137. The smallest absolute Gasteiger partial charge is 0.328 e. The van der Waals surface area contributed by atoms with Crippen molar-refractivity contribution >= 4 is 33.9 Å². The van der Waals surface area contributed by atoms with Gasteiger partial charge in [-0.05, 0) is 29.7 Å². The van der Waals surface area contributed by atoms with Crippen molar-refractivity contribution in [1.82, 2.24) is 0 Å². The van der Waals surface area contributed by atoms with Crippen molar-refractivity contribution in [1.29, 1.82) is 0 Å². The molecule has 2 N–H and O–H groups in total. The molecule has 4 nitrogen and oxygen atoms in total. The minimum Gasteiger partial charge on any atom is -0.481 e. The monoisotopic (exact) mass is 298 g/mol. The maximum absolute atomic E-state index is 10.5. The van der Waals surface area contributed by atoms with Crippen LogP contribution in [0.15, 0.2) is 28.7 Å². The molecule has 0 bridgehead atoms. The van der Waals surface area contributed by atoms with E-state index in [-0.39, 0.29) is 6.42 Å². The van der Waals surface area contributed by atoms with Crippen LogP contribution in [0.3, 0.4) is 0 Å². The zero-order valence-corrected chi connectivity index (χ0v) is 10.5. The second kappa shape index (κ2) is 6.20. The Bertz CT molecular complexity index is 466. The summed E-state index contributed by atoms with van der Waals surface area (Å²) >= 11 is 3.33. The van der Waals surface area contributed by atoms with E-state index in [2.05, 4.69) is 15.9 Å². The summed E-state index contributed by atoms with van der Waals surface area (Å²) in [4.78, 5) is 21.0. The van der Waals surface area contributed by atoms with E-state index >= 15 is 0 Å². The number of hydrogen-bond acceptors (Lipinski definition) is 2. The molecule has 0 atom stereocenters. The number of rotatable bonds is 5. The zero-order valence-electron chi connectivity index (χ0n) is 8.89. The molecule has 1 aromatic rings. The van der Waals surface area contributed by atoms with Crippen LogP contribution < -0.4 is 0 Å². The lowest BCUT2D eigenvalue weighted by Gasteiger charge is -2.07. The minimum atomic E-state index is -1.03. The molecule has 0 saturated heterocycles. The topological polar surface area (TPSA) is 74.6 Å². The number of hydrogen-bond donors (Lipinski definition) is 2. The van der Waals surface area contributed by atoms with Crippen molar-refractivity contribution in [2.24, 2.45) is 0 Å². The second-order valence-electron chi connectivity index (χ2n) is 3.37. The molecule has 0 spiro atoms. The highest BCUT2D eigenvalue weighted by Gasteiger charge is 2.07. The Morgan fingerprint density at radius 2 is 2.00 bits per heavy atom. The molecule has 0 aliphatic carbocycles. The van der Waals surface area contributed by atoms with Gasteiger partial charge in [-0.2, -0.15) is 0 Å². The molecular weight excluding hydrogens is 288 g/mol. The largest absolute Gasteiger partial charge is 0.481 e. The van der Waals surface area contributed by atoms with E-state index in [0.717, 1.165) is 16.1 Å². The fourth-order valence-electron chi connectivity index (χ4n) is 1.39. The van der Waals surface area contributed by atoms with E-state index in [1.165, 1.54) is 6.08 Å². The molecular formula is C12H11BrO4. The van der Waals surface area contributed by atoms with Crippen LogP contribution in [-0.4, -0.2) is 22.2 Å². The summed E-state index contributed by atoms with van der Waals surface area (Å²) in [7, 11) is 0. The first-order valence-corrected chi connectivity index (χ1v) is 5.70. The number of carboxylic acid groups (broad SMARTS) is 2. The summed E-state index contributed by atoms with van der Waals surface area (Å²) in [6, 6.07) is 5.33. The average Bonchev–Trinajstić information content (AvgIpc) is 2.24. The number of carboxylic acids is 2. The molecule has 17 heavy (non-hydrogen) atoms. The third-order valence-electron chi connectivity index (χ3n) is 2.15. The third kappa shape index (κ3) is 4.40. The van der Waals surface area contributed by atoms with Gasteiger partial charge in [0.2, 0.25) is 0 Å². The molecule has 0 aliphatic heterocycles. The minimum absolute atomic E-state index is 0.0104. The molecule has 0 radical (unpaired) electrons. The molecule has 0 saturated carbocycles. The molecule has 0 unspecified atom stereocenters. The zero-order chi connectivity index (χ0) is 12.8. The highest BCUT2D eigenvalue weighted by molar-refractivity contribution is 9.10. The third-order valence-corrected chi connectivity index (χ3v) is 2.89. The highest BCUT2D eigenvalue weighted by atomic mass is 79.9. The summed E-state index contributed by atoms with van der Waals surface area (Å²) in [5, 5.41) is 17.2. The molecule has 0 amide bonds. The Morgan fingerprint density at radius 3 is 2.59 bits per heavy atom. The molecule has 0 aliphatic rings. The Balaban J connectivity index is 2.99. The van der Waals surface area contributed by atoms with Crippen LogP contribution >= 0.6 is 15.9 Å². The first-order valence-electron chi connectivity index (χ1n) is 4.91. The fourth-order valence-corrected chi connectivity index (χ4v) is 1.97. The highest BCUT2D eigenvalue weighted by Crippen LogP contribution is 2.23. The maximum Gasteiger partial charge on any atom is 0.328 e. The van der Waals surface area contributed by atoms with E-state index in [1.54, 1.807) is 18.2 Å². The molecule has 0 aromatic heterocycles. The molecule has 90 valence electrons. The van der Waals surface area contributed by atoms with E-state index in [0.29, 0.717) is 12.0 Å². The molecule has 0 heterocycles. The Kier molecular flexibility index (Phi) is 4.90. The van der Waals surface area contributed by atoms with Crippen molar-refractivity contribution in [2.45, 2.75) is 12.8 Å². The van der Waals surface area contributed by atoms with Crippen LogP contribution in [0.2, 0.25) is 0 Å². The predicted molar refractivity (Wildman–Crippen MR) is 66.8 cm³/mol. The summed E-state index contributed by atoms with van der Waals surface area (Å²) in [6.45, 7) is 0. The van der Waals surface area contributed by atoms with Crippen LogP contribution in [0.4, 0.5) is 0 Å². The van der Waals surface area contributed by atoms with Gasteiger partial charge in [0.1, 0.15) is 0 Å². The molecule has 5 heteroatoms. The van der Waals surface area contributed by atoms with Gasteiger partial charge < -0.3 is 10.2 Å². The second-order valence-corrected chi connectivity index (χ2v) is 4.23. The van der Waals surface area contributed by atoms with E-state index < -0.39 is 11.9 Å². The molecule has 1 aromatic carbocycles. The summed E-state index contributed by atoms with van der Waals surface area (Å²) in [6.07, 6.45) is 2.86. The molecule has 0 fully saturated rings. The van der Waals surface area contributed by atoms with Crippen LogP contribution in [0.25, 0.3) is 6.08 Å². The van der Waals surface area contributed by atoms with Crippen molar-refractivity contribution in [3.63, 3.8) is 0 Å². The summed E-state index contributed by atoms with van der Waals surface area (Å²) < 4.78 is 0.784. The quantitative estimate of drug-likeness (QED) is 0.819. The molecule has 1 rings (SSSR count). The van der Waals surface area contributed by atoms with Crippen molar-refractivity contribution < 1.29 is 19.8 Å². The van der Waals surface area contributed by atoms with Crippen molar-refractivity contribution in [3.8, 4) is 0 Å². The predicted octanol–water partition coefficient (Wildman–Crippen LogP) is 2.56. The van der Waals surface area contributed by atoms with Gasteiger partial charge in [-0.3, -0.25) is 4.79 Å². The summed E-state index contributed by atoms with van der Waals surface area (Å²) in [5.74, 6) is -1.91. The van der Waals surface area contributed by atoms with E-state index in [9.17, 15) is 9.59 Å². The summed E-state index contributed by atoms with van der Waals surface area (Å²) in [5.41, 5.74) is 1.51. The van der Waals surface area contributed by atoms with Gasteiger partial charge in [0.25, 0.3) is 0 Å². The maximum atomic E-state index is 10.5. The van der Waals surface area contributed by atoms with Gasteiger partial charge in [-0.1, -0.05) is 28.1 Å². The standard InChI is InChI=1S/C12H11BrO4/c13-10-3-1-2-8(4-6-11(14)15)9(10)5-7-12(16)17/h1-4,6H,5,7H2,(H,14,15)(H,16,17)/b6-4+. The number of halogens is 1. The van der Waals surface area contributed by atoms with E-state index in [1.807, 2.05) is 0 Å². The number of carbonyl (C=O) groups is 2. The Hall–Kier alpha value is -1.62. The van der Waals surface area contributed by atoms with Crippen LogP contribution in [0.1, 0.15) is 17.5 Å². The SMILES string of the molecule is O=C(O)/C=C/c1cccc(Br)c1CCC(=O)O. The van der Waals surface area contributed by atoms with Crippen molar-refractivity contribution in [2.75, 3.05) is 0 Å². The number of benzene rings is 1. The van der Waals surface area contributed by atoms with E-state index in [4.69, 9.17) is 10.2 Å². The first kappa shape index (κ1) is 13.4. The van der Waals surface area contributed by atoms with Gasteiger partial charge in [-0.15, -0.1) is 0 Å². The van der Waals surface area contributed by atoms with Gasteiger partial charge in [-0.25, -0.2) is 4.79 Å². The van der Waals surface area contributed by atoms with Gasteiger partial charge >= 0.3 is 11.9 Å². The lowest BCUT2D eigenvalue weighted by Crippen LogP contribution is -2.00. The number of aliphatic carboxylic acids is 2. The first-order chi connectivity index (χ1) is 8.00. The lowest BCUT2D eigenvalue weighted by atomic mass is 10.0. The Morgan fingerprint density at radius 1 is 1.29 bits per heavy atom. The average molecular weight is 299 g/mol. The van der Waals surface area contributed by atoms with Crippen LogP contribution in [0, 0.1) is 0 Å². The van der Waals surface area contributed by atoms with Gasteiger partial charge in [0.05, 0.1) is 0 Å². The van der Waals surface area contributed by atoms with Gasteiger partial charge in [0, 0.05) is 17.0 Å².